The summed E-state index contributed by atoms with van der Waals surface area (Å²) in [5.41, 5.74) is 0. The van der Waals surface area contributed by atoms with Crippen LogP contribution in [0.1, 0.15) is 6.42 Å². The van der Waals surface area contributed by atoms with Gasteiger partial charge >= 0.3 is 0 Å². The van der Waals surface area contributed by atoms with Crippen LogP contribution in [0.5, 0.6) is 5.75 Å². The van der Waals surface area contributed by atoms with E-state index >= 15 is 0 Å². The molecular weight excluding hydrogens is 355 g/mol. The minimum Gasteiger partial charge on any atom is -0.486 e. The van der Waals surface area contributed by atoms with Gasteiger partial charge in [-0.15, -0.1) is 11.6 Å². The van der Waals surface area contributed by atoms with Crippen molar-refractivity contribution in [2.45, 2.75) is 24.0 Å². The van der Waals surface area contributed by atoms with Crippen LogP contribution in [0.3, 0.4) is 0 Å². The van der Waals surface area contributed by atoms with Crippen LogP contribution in [-0.2, 0) is 9.47 Å². The molecule has 0 saturated heterocycles. The first-order valence-corrected chi connectivity index (χ1v) is 7.59. The topological polar surface area (TPSA) is 27.7 Å². The van der Waals surface area contributed by atoms with Crippen molar-refractivity contribution in [2.24, 2.45) is 0 Å². The molecule has 0 N–H and O–H groups in total. The summed E-state index contributed by atoms with van der Waals surface area (Å²) in [7, 11) is 1.64. The number of benzene rings is 1. The predicted molar refractivity (Wildman–Crippen MR) is 79.4 cm³/mol. The van der Waals surface area contributed by atoms with Gasteiger partial charge in [0.15, 0.2) is 0 Å². The highest BCUT2D eigenvalue weighted by atomic mass is 79.9. The molecule has 1 aromatic carbocycles. The molecule has 106 valence electrons. The second-order valence-corrected chi connectivity index (χ2v) is 6.19. The van der Waals surface area contributed by atoms with Crippen molar-refractivity contribution in [1.82, 2.24) is 0 Å². The molecule has 1 aromatic rings. The molecule has 19 heavy (non-hydrogen) atoms. The fourth-order valence-corrected chi connectivity index (χ4v) is 2.98. The number of halogens is 3. The summed E-state index contributed by atoms with van der Waals surface area (Å²) in [5.74, 6) is 0.652. The molecule has 3 atom stereocenters. The van der Waals surface area contributed by atoms with Gasteiger partial charge < -0.3 is 14.2 Å². The van der Waals surface area contributed by atoms with Gasteiger partial charge in [-0.2, -0.15) is 0 Å². The van der Waals surface area contributed by atoms with Gasteiger partial charge in [0.05, 0.1) is 23.6 Å². The molecule has 1 saturated carbocycles. The fraction of sp³-hybridized carbons (Fsp3) is 0.538. The van der Waals surface area contributed by atoms with Gasteiger partial charge in [-0.3, -0.25) is 0 Å². The van der Waals surface area contributed by atoms with Crippen LogP contribution < -0.4 is 4.74 Å². The number of ether oxygens (including phenoxy) is 3. The van der Waals surface area contributed by atoms with E-state index in [4.69, 9.17) is 37.4 Å². The van der Waals surface area contributed by atoms with Crippen LogP contribution in [0.15, 0.2) is 22.7 Å². The molecule has 0 radical (unpaired) electrons. The zero-order chi connectivity index (χ0) is 13.8. The second kappa shape index (κ2) is 7.14. The SMILES string of the molecule is COCCOC1C(Cl)CC1Oc1ccc(Br)cc1Cl. The Kier molecular flexibility index (Phi) is 5.78. The highest BCUT2D eigenvalue weighted by molar-refractivity contribution is 9.10. The molecule has 3 nitrogen and oxygen atoms in total. The number of hydrogen-bond acceptors (Lipinski definition) is 3. The Morgan fingerprint density at radius 1 is 1.37 bits per heavy atom. The summed E-state index contributed by atoms with van der Waals surface area (Å²) in [5, 5.41) is 0.555. The zero-order valence-electron chi connectivity index (χ0n) is 10.4. The summed E-state index contributed by atoms with van der Waals surface area (Å²) >= 11 is 15.6. The van der Waals surface area contributed by atoms with Crippen molar-refractivity contribution in [1.29, 1.82) is 0 Å². The molecule has 0 heterocycles. The molecule has 1 aliphatic rings. The average molecular weight is 370 g/mol. The maximum absolute atomic E-state index is 6.13. The van der Waals surface area contributed by atoms with Gasteiger partial charge in [-0.25, -0.2) is 0 Å². The lowest BCUT2D eigenvalue weighted by Gasteiger charge is -2.40. The second-order valence-electron chi connectivity index (χ2n) is 4.31. The minimum atomic E-state index is -0.114. The molecule has 0 aliphatic heterocycles. The van der Waals surface area contributed by atoms with Crippen molar-refractivity contribution >= 4 is 39.1 Å². The lowest BCUT2D eigenvalue weighted by molar-refractivity contribution is -0.0898. The van der Waals surface area contributed by atoms with E-state index in [-0.39, 0.29) is 17.6 Å². The lowest BCUT2D eigenvalue weighted by atomic mass is 9.91. The quantitative estimate of drug-likeness (QED) is 0.562. The molecule has 0 spiro atoms. The Bertz CT molecular complexity index is 430. The molecular formula is C13H15BrCl2O3. The smallest absolute Gasteiger partial charge is 0.138 e. The number of alkyl halides is 1. The van der Waals surface area contributed by atoms with Gasteiger partial charge in [0, 0.05) is 18.0 Å². The van der Waals surface area contributed by atoms with Gasteiger partial charge in [0.25, 0.3) is 0 Å². The monoisotopic (exact) mass is 368 g/mol. The van der Waals surface area contributed by atoms with E-state index in [1.165, 1.54) is 0 Å². The van der Waals surface area contributed by atoms with Crippen LogP contribution >= 0.6 is 39.1 Å². The molecule has 2 rings (SSSR count). The number of rotatable bonds is 6. The van der Waals surface area contributed by atoms with E-state index in [0.717, 1.165) is 10.9 Å². The first-order chi connectivity index (χ1) is 9.11. The fourth-order valence-electron chi connectivity index (χ4n) is 1.86. The molecule has 1 aliphatic carbocycles. The van der Waals surface area contributed by atoms with Crippen molar-refractivity contribution in [3.05, 3.63) is 27.7 Å². The Morgan fingerprint density at radius 2 is 2.16 bits per heavy atom. The van der Waals surface area contributed by atoms with Crippen LogP contribution in [0.25, 0.3) is 0 Å². The largest absolute Gasteiger partial charge is 0.486 e. The minimum absolute atomic E-state index is 0.0175. The molecule has 6 heteroatoms. The van der Waals surface area contributed by atoms with E-state index in [1.54, 1.807) is 13.2 Å². The molecule has 3 unspecified atom stereocenters. The van der Waals surface area contributed by atoms with E-state index < -0.39 is 0 Å². The van der Waals surface area contributed by atoms with E-state index in [2.05, 4.69) is 15.9 Å². The Morgan fingerprint density at radius 3 is 2.79 bits per heavy atom. The van der Waals surface area contributed by atoms with Gasteiger partial charge in [-0.05, 0) is 18.2 Å². The zero-order valence-corrected chi connectivity index (χ0v) is 13.5. The average Bonchev–Trinajstić information content (AvgIpc) is 2.37. The van der Waals surface area contributed by atoms with E-state index in [1.807, 2.05) is 12.1 Å². The molecule has 1 fully saturated rings. The first kappa shape index (κ1) is 15.4. The summed E-state index contributed by atoms with van der Waals surface area (Å²) in [6.45, 7) is 1.06. The van der Waals surface area contributed by atoms with Crippen molar-refractivity contribution in [3.8, 4) is 5.75 Å². The number of methoxy groups -OCH3 is 1. The van der Waals surface area contributed by atoms with Crippen molar-refractivity contribution in [3.63, 3.8) is 0 Å². The third-order valence-electron chi connectivity index (χ3n) is 2.95. The van der Waals surface area contributed by atoms with Gasteiger partial charge in [0.1, 0.15) is 18.0 Å². The lowest BCUT2D eigenvalue weighted by Crippen LogP contribution is -2.53. The van der Waals surface area contributed by atoms with E-state index in [0.29, 0.717) is 24.0 Å². The maximum Gasteiger partial charge on any atom is 0.138 e. The molecule has 0 aromatic heterocycles. The number of hydrogen-bond donors (Lipinski definition) is 0. The Hall–Kier alpha value is -0.0000000000000000555. The summed E-state index contributed by atoms with van der Waals surface area (Å²) < 4.78 is 17.4. The Labute approximate surface area is 131 Å². The van der Waals surface area contributed by atoms with Crippen LogP contribution in [0, 0.1) is 0 Å². The van der Waals surface area contributed by atoms with Crippen LogP contribution in [-0.4, -0.2) is 37.9 Å². The highest BCUT2D eigenvalue weighted by Crippen LogP contribution is 2.36. The maximum atomic E-state index is 6.13. The highest BCUT2D eigenvalue weighted by Gasteiger charge is 2.43. The van der Waals surface area contributed by atoms with Crippen LogP contribution in [0.2, 0.25) is 5.02 Å². The first-order valence-electron chi connectivity index (χ1n) is 5.98. The van der Waals surface area contributed by atoms with E-state index in [9.17, 15) is 0 Å². The van der Waals surface area contributed by atoms with Crippen molar-refractivity contribution < 1.29 is 14.2 Å². The van der Waals surface area contributed by atoms with Crippen LogP contribution in [0.4, 0.5) is 0 Å². The predicted octanol–water partition coefficient (Wildman–Crippen LogP) is 3.89. The summed E-state index contributed by atoms with van der Waals surface area (Å²) in [6, 6.07) is 5.52. The third-order valence-corrected chi connectivity index (χ3v) is 4.17. The Balaban J connectivity index is 1.91. The van der Waals surface area contributed by atoms with Crippen molar-refractivity contribution in [2.75, 3.05) is 20.3 Å². The molecule has 0 amide bonds. The third kappa shape index (κ3) is 3.99. The summed E-state index contributed by atoms with van der Waals surface area (Å²) in [4.78, 5) is 0. The normalized spacial score (nSPS) is 26.0. The standard InChI is InChI=1S/C13H15BrCl2O3/c1-17-4-5-18-13-10(16)7-12(13)19-11-3-2-8(14)6-9(11)15/h2-3,6,10,12-13H,4-5,7H2,1H3. The van der Waals surface area contributed by atoms with Gasteiger partial charge in [-0.1, -0.05) is 27.5 Å². The van der Waals surface area contributed by atoms with Gasteiger partial charge in [0.2, 0.25) is 0 Å². The molecule has 0 bridgehead atoms. The summed E-state index contributed by atoms with van der Waals surface area (Å²) in [6.07, 6.45) is 0.584.